The summed E-state index contributed by atoms with van der Waals surface area (Å²) in [4.78, 5) is 2.48. The molecule has 0 bridgehead atoms. The van der Waals surface area contributed by atoms with Crippen molar-refractivity contribution in [3.8, 4) is 0 Å². The van der Waals surface area contributed by atoms with Gasteiger partial charge >= 0.3 is 6.18 Å². The lowest BCUT2D eigenvalue weighted by atomic mass is 9.80. The van der Waals surface area contributed by atoms with Gasteiger partial charge in [0.25, 0.3) is 6.43 Å². The molecule has 4 fully saturated rings. The first-order chi connectivity index (χ1) is 13.7. The van der Waals surface area contributed by atoms with Gasteiger partial charge in [0.05, 0.1) is 0 Å². The van der Waals surface area contributed by atoms with E-state index in [1.165, 1.54) is 0 Å². The number of piperidine rings is 1. The molecule has 2 aliphatic heterocycles. The van der Waals surface area contributed by atoms with Crippen molar-refractivity contribution in [1.82, 2.24) is 14.7 Å². The summed E-state index contributed by atoms with van der Waals surface area (Å²) in [5.74, 6) is 2.10. The van der Waals surface area contributed by atoms with Crippen LogP contribution in [0.25, 0.3) is 0 Å². The Hall–Kier alpha value is -1.03. The van der Waals surface area contributed by atoms with Gasteiger partial charge in [-0.2, -0.15) is 18.3 Å². The van der Waals surface area contributed by atoms with E-state index in [1.807, 2.05) is 0 Å². The Kier molecular flexibility index (Phi) is 4.62. The molecule has 2 atom stereocenters. The minimum Gasteiger partial charge on any atom is -0.300 e. The summed E-state index contributed by atoms with van der Waals surface area (Å²) in [5.41, 5.74) is -0.476. The molecule has 2 unspecified atom stereocenters. The van der Waals surface area contributed by atoms with E-state index in [4.69, 9.17) is 0 Å². The summed E-state index contributed by atoms with van der Waals surface area (Å²) in [7, 11) is -0.638. The number of fused-ring (bicyclic) bond motifs is 1. The topological polar surface area (TPSA) is 38.1 Å². The number of rotatable bonds is 4. The van der Waals surface area contributed by atoms with Crippen molar-refractivity contribution in [2.45, 2.75) is 56.8 Å². The summed E-state index contributed by atoms with van der Waals surface area (Å²) in [5, 5.41) is 3.43. The van der Waals surface area contributed by atoms with Crippen molar-refractivity contribution >= 4 is 10.8 Å². The van der Waals surface area contributed by atoms with Crippen molar-refractivity contribution in [2.75, 3.05) is 24.6 Å². The molecular weight excluding hydrogens is 413 g/mol. The normalized spacial score (nSPS) is 34.6. The summed E-state index contributed by atoms with van der Waals surface area (Å²) in [6.45, 7) is 1.20. The molecule has 2 saturated heterocycles. The Labute approximate surface area is 168 Å². The van der Waals surface area contributed by atoms with E-state index in [0.29, 0.717) is 11.7 Å². The molecule has 5 rings (SSSR count). The molecule has 1 spiro atoms. The first-order valence-corrected chi connectivity index (χ1v) is 11.7. The van der Waals surface area contributed by atoms with Crippen molar-refractivity contribution in [2.24, 2.45) is 17.3 Å². The number of hydrogen-bond acceptors (Lipinski definition) is 3. The molecule has 10 heteroatoms. The Morgan fingerprint density at radius 2 is 1.79 bits per heavy atom. The molecule has 1 aromatic heterocycles. The molecule has 0 amide bonds. The third-order valence-electron chi connectivity index (χ3n) is 7.48. The van der Waals surface area contributed by atoms with Gasteiger partial charge in [0, 0.05) is 40.0 Å². The number of alkyl halides is 5. The van der Waals surface area contributed by atoms with Gasteiger partial charge in [0.2, 0.25) is 0 Å². The molecule has 162 valence electrons. The van der Waals surface area contributed by atoms with Gasteiger partial charge in [-0.05, 0) is 62.1 Å². The maximum absolute atomic E-state index is 13.0. The zero-order chi connectivity index (χ0) is 20.6. The van der Waals surface area contributed by atoms with Gasteiger partial charge in [-0.1, -0.05) is 0 Å². The summed E-state index contributed by atoms with van der Waals surface area (Å²) in [6, 6.07) is 1.40. The number of aromatic nitrogens is 2. The standard InChI is InChI=1S/C19H24F5N3OS/c20-16(21)8-27-14(7-15(25-27)19(22,23)24)17-12-5-11(6-13(12)17)26-3-1-18(2-4-26)9-29(28)10-18/h7,11-13,16-17H,1-6,8-10H2. The SMILES string of the molecule is O=S1CC2(CCN(C3CC4C(C3)C4c3cc(C(F)(F)F)nn3CC(F)F)CC2)C1. The second-order valence-corrected chi connectivity index (χ2v) is 10.7. The predicted molar refractivity (Wildman–Crippen MR) is 97.1 cm³/mol. The Balaban J connectivity index is 1.22. The van der Waals surface area contributed by atoms with Crippen LogP contribution in [0.2, 0.25) is 0 Å². The quantitative estimate of drug-likeness (QED) is 0.677. The fourth-order valence-corrected chi connectivity index (χ4v) is 7.82. The lowest BCUT2D eigenvalue weighted by Gasteiger charge is -2.48. The molecule has 2 aliphatic carbocycles. The third-order valence-corrected chi connectivity index (χ3v) is 9.35. The van der Waals surface area contributed by atoms with Crippen LogP contribution in [0.1, 0.15) is 43.0 Å². The van der Waals surface area contributed by atoms with Gasteiger partial charge in [-0.15, -0.1) is 0 Å². The van der Waals surface area contributed by atoms with Crippen LogP contribution in [-0.4, -0.2) is 56.0 Å². The Bertz CT molecular complexity index is 795. The fraction of sp³-hybridized carbons (Fsp3) is 0.842. The van der Waals surface area contributed by atoms with Gasteiger partial charge < -0.3 is 4.90 Å². The minimum atomic E-state index is -4.62. The molecule has 0 radical (unpaired) electrons. The maximum atomic E-state index is 13.0. The second kappa shape index (κ2) is 6.73. The van der Waals surface area contributed by atoms with Gasteiger partial charge in [-0.25, -0.2) is 8.78 Å². The number of nitrogens with zero attached hydrogens (tertiary/aromatic N) is 3. The van der Waals surface area contributed by atoms with E-state index in [1.54, 1.807) is 0 Å². The number of hydrogen-bond donors (Lipinski definition) is 0. The van der Waals surface area contributed by atoms with E-state index < -0.39 is 35.6 Å². The highest BCUT2D eigenvalue weighted by Crippen LogP contribution is 2.64. The minimum absolute atomic E-state index is 0.0845. The number of likely N-dealkylation sites (tertiary alicyclic amines) is 1. The molecule has 0 N–H and O–H groups in total. The first-order valence-electron chi connectivity index (χ1n) is 10.2. The molecule has 4 aliphatic rings. The van der Waals surface area contributed by atoms with Crippen LogP contribution in [-0.2, 0) is 23.5 Å². The van der Waals surface area contributed by atoms with Crippen LogP contribution in [0.3, 0.4) is 0 Å². The summed E-state index contributed by atoms with van der Waals surface area (Å²) < 4.78 is 77.1. The molecule has 29 heavy (non-hydrogen) atoms. The average molecular weight is 437 g/mol. The van der Waals surface area contributed by atoms with Crippen LogP contribution in [0, 0.1) is 17.3 Å². The fourth-order valence-electron chi connectivity index (χ4n) is 5.96. The predicted octanol–water partition coefficient (Wildman–Crippen LogP) is 3.50. The van der Waals surface area contributed by atoms with Crippen LogP contribution in [0.4, 0.5) is 22.0 Å². The zero-order valence-corrected chi connectivity index (χ0v) is 16.7. The maximum Gasteiger partial charge on any atom is 0.435 e. The van der Waals surface area contributed by atoms with Crippen molar-refractivity contribution in [3.05, 3.63) is 17.5 Å². The highest BCUT2D eigenvalue weighted by atomic mass is 32.2. The highest BCUT2D eigenvalue weighted by molar-refractivity contribution is 7.86. The molecule has 1 aromatic rings. The smallest absolute Gasteiger partial charge is 0.300 e. The zero-order valence-electron chi connectivity index (χ0n) is 15.9. The average Bonchev–Trinajstić information content (AvgIpc) is 2.96. The van der Waals surface area contributed by atoms with Crippen LogP contribution >= 0.6 is 0 Å². The van der Waals surface area contributed by atoms with Crippen molar-refractivity contribution in [1.29, 1.82) is 0 Å². The monoisotopic (exact) mass is 437 g/mol. The number of halogens is 5. The van der Waals surface area contributed by atoms with Gasteiger partial charge in [0.1, 0.15) is 6.54 Å². The lowest BCUT2D eigenvalue weighted by molar-refractivity contribution is -0.141. The lowest BCUT2D eigenvalue weighted by Crippen LogP contribution is -2.53. The van der Waals surface area contributed by atoms with E-state index in [9.17, 15) is 26.2 Å². The molecule has 3 heterocycles. The van der Waals surface area contributed by atoms with Crippen LogP contribution < -0.4 is 0 Å². The van der Waals surface area contributed by atoms with Gasteiger partial charge in [0.15, 0.2) is 5.69 Å². The summed E-state index contributed by atoms with van der Waals surface area (Å²) in [6.07, 6.45) is -3.38. The summed E-state index contributed by atoms with van der Waals surface area (Å²) >= 11 is 0. The van der Waals surface area contributed by atoms with E-state index in [-0.39, 0.29) is 23.2 Å². The molecule has 2 saturated carbocycles. The Morgan fingerprint density at radius 1 is 1.17 bits per heavy atom. The van der Waals surface area contributed by atoms with E-state index >= 15 is 0 Å². The van der Waals surface area contributed by atoms with Crippen molar-refractivity contribution < 1.29 is 26.2 Å². The second-order valence-electron chi connectivity index (χ2n) is 9.27. The van der Waals surface area contributed by atoms with E-state index in [2.05, 4.69) is 10.00 Å². The molecule has 4 nitrogen and oxygen atoms in total. The van der Waals surface area contributed by atoms with E-state index in [0.717, 1.165) is 61.0 Å². The largest absolute Gasteiger partial charge is 0.435 e. The molecular formula is C19H24F5N3OS. The first kappa shape index (κ1) is 19.9. The molecule has 0 aromatic carbocycles. The van der Waals surface area contributed by atoms with Crippen LogP contribution in [0.5, 0.6) is 0 Å². The van der Waals surface area contributed by atoms with Crippen LogP contribution in [0.15, 0.2) is 6.07 Å². The highest BCUT2D eigenvalue weighted by Gasteiger charge is 2.59. The van der Waals surface area contributed by atoms with Crippen molar-refractivity contribution in [3.63, 3.8) is 0 Å². The third kappa shape index (κ3) is 3.54. The van der Waals surface area contributed by atoms with Gasteiger partial charge in [-0.3, -0.25) is 8.89 Å². The Morgan fingerprint density at radius 3 is 2.31 bits per heavy atom.